The third-order valence-electron chi connectivity index (χ3n) is 3.14. The molecule has 0 saturated carbocycles. The molecule has 18 heavy (non-hydrogen) atoms. The van der Waals surface area contributed by atoms with Crippen LogP contribution in [0.15, 0.2) is 23.0 Å². The predicted molar refractivity (Wildman–Crippen MR) is 70.8 cm³/mol. The normalized spacial score (nSPS) is 11.8. The molecule has 0 amide bonds. The fourth-order valence-corrected chi connectivity index (χ4v) is 1.92. The van der Waals surface area contributed by atoms with Crippen LogP contribution in [-0.4, -0.2) is 15.8 Å². The lowest BCUT2D eigenvalue weighted by Crippen LogP contribution is -2.34. The van der Waals surface area contributed by atoms with Crippen molar-refractivity contribution >= 4 is 17.3 Å². The second-order valence-corrected chi connectivity index (χ2v) is 5.16. The van der Waals surface area contributed by atoms with Gasteiger partial charge in [0.2, 0.25) is 0 Å². The Morgan fingerprint density at radius 3 is 2.61 bits per heavy atom. The Hall–Kier alpha value is -1.97. The molecule has 0 bridgehead atoms. The van der Waals surface area contributed by atoms with E-state index in [1.165, 1.54) is 0 Å². The third kappa shape index (κ3) is 1.83. The lowest BCUT2D eigenvalue weighted by atomic mass is 9.91. The molecule has 4 nitrogen and oxygen atoms in total. The maximum Gasteiger partial charge on any atom is 0.273 e. The number of aldehydes is 1. The molecule has 0 aliphatic heterocycles. The minimum Gasteiger partial charge on any atom is -0.308 e. The molecule has 2 rings (SSSR count). The summed E-state index contributed by atoms with van der Waals surface area (Å²) in [5.41, 5.74) is 1.79. The van der Waals surface area contributed by atoms with Crippen molar-refractivity contribution < 1.29 is 4.79 Å². The Morgan fingerprint density at radius 1 is 1.33 bits per heavy atom. The first-order valence-corrected chi connectivity index (χ1v) is 5.81. The fraction of sp³-hybridized carbons (Fsp3) is 0.357. The topological polar surface area (TPSA) is 52.0 Å². The molecule has 0 radical (unpaired) electrons. The van der Waals surface area contributed by atoms with Crippen LogP contribution < -0.4 is 5.56 Å². The van der Waals surface area contributed by atoms with Gasteiger partial charge in [-0.25, -0.2) is 4.98 Å². The van der Waals surface area contributed by atoms with E-state index in [4.69, 9.17) is 0 Å². The number of hydrogen-bond donors (Lipinski definition) is 0. The number of carbonyl (C=O) groups is 1. The van der Waals surface area contributed by atoms with Crippen LogP contribution in [0.1, 0.15) is 25.1 Å². The maximum absolute atomic E-state index is 12.2. The minimum atomic E-state index is -0.868. The van der Waals surface area contributed by atoms with Crippen molar-refractivity contribution in [3.05, 3.63) is 39.8 Å². The van der Waals surface area contributed by atoms with Gasteiger partial charge in [-0.2, -0.15) is 0 Å². The van der Waals surface area contributed by atoms with Gasteiger partial charge >= 0.3 is 0 Å². The Morgan fingerprint density at radius 2 is 2.00 bits per heavy atom. The second-order valence-electron chi connectivity index (χ2n) is 5.16. The monoisotopic (exact) mass is 244 g/mol. The van der Waals surface area contributed by atoms with Gasteiger partial charge in [0.15, 0.2) is 0 Å². The van der Waals surface area contributed by atoms with Gasteiger partial charge in [-0.1, -0.05) is 6.07 Å². The van der Waals surface area contributed by atoms with Gasteiger partial charge in [0.25, 0.3) is 5.56 Å². The Kier molecular flexibility index (Phi) is 2.81. The van der Waals surface area contributed by atoms with Gasteiger partial charge in [0.1, 0.15) is 12.0 Å². The zero-order chi connectivity index (χ0) is 13.5. The van der Waals surface area contributed by atoms with Gasteiger partial charge in [0.05, 0.1) is 16.4 Å². The standard InChI is InChI=1S/C14H16N2O2/c1-9-5-6-11-10(7-9)15-12(13(18)16(11)4)14(2,3)8-17/h5-8H,1-4H3. The van der Waals surface area contributed by atoms with Crippen LogP contribution in [0.3, 0.4) is 0 Å². The summed E-state index contributed by atoms with van der Waals surface area (Å²) in [6.07, 6.45) is 0.762. The van der Waals surface area contributed by atoms with E-state index in [0.29, 0.717) is 0 Å². The van der Waals surface area contributed by atoms with Crippen LogP contribution in [0.4, 0.5) is 0 Å². The quantitative estimate of drug-likeness (QED) is 0.756. The highest BCUT2D eigenvalue weighted by Crippen LogP contribution is 2.18. The Balaban J connectivity index is 2.89. The lowest BCUT2D eigenvalue weighted by Gasteiger charge is -2.17. The summed E-state index contributed by atoms with van der Waals surface area (Å²) in [7, 11) is 1.70. The van der Waals surface area contributed by atoms with Crippen LogP contribution in [-0.2, 0) is 17.3 Å². The molecule has 0 unspecified atom stereocenters. The molecule has 2 aromatic rings. The number of carbonyl (C=O) groups excluding carboxylic acids is 1. The van der Waals surface area contributed by atoms with Crippen molar-refractivity contribution in [1.29, 1.82) is 0 Å². The Labute approximate surface area is 105 Å². The number of aromatic nitrogens is 2. The highest BCUT2D eigenvalue weighted by atomic mass is 16.1. The zero-order valence-corrected chi connectivity index (χ0v) is 11.0. The van der Waals surface area contributed by atoms with E-state index in [-0.39, 0.29) is 11.3 Å². The summed E-state index contributed by atoms with van der Waals surface area (Å²) in [4.78, 5) is 27.7. The molecule has 1 aromatic heterocycles. The molecule has 4 heteroatoms. The molecule has 0 saturated heterocycles. The van der Waals surface area contributed by atoms with Crippen molar-refractivity contribution in [3.63, 3.8) is 0 Å². The van der Waals surface area contributed by atoms with E-state index >= 15 is 0 Å². The number of fused-ring (bicyclic) bond motifs is 1. The van der Waals surface area contributed by atoms with Crippen molar-refractivity contribution in [3.8, 4) is 0 Å². The number of hydrogen-bond acceptors (Lipinski definition) is 3. The van der Waals surface area contributed by atoms with Crippen LogP contribution in [0.2, 0.25) is 0 Å². The highest BCUT2D eigenvalue weighted by molar-refractivity contribution is 5.77. The van der Waals surface area contributed by atoms with E-state index in [0.717, 1.165) is 22.9 Å². The lowest BCUT2D eigenvalue weighted by molar-refractivity contribution is -0.111. The van der Waals surface area contributed by atoms with Crippen LogP contribution >= 0.6 is 0 Å². The highest BCUT2D eigenvalue weighted by Gasteiger charge is 2.26. The second kappa shape index (κ2) is 4.05. The van der Waals surface area contributed by atoms with Crippen molar-refractivity contribution in [2.75, 3.05) is 0 Å². The van der Waals surface area contributed by atoms with Crippen LogP contribution in [0, 0.1) is 6.92 Å². The molecule has 0 aliphatic carbocycles. The molecule has 0 fully saturated rings. The van der Waals surface area contributed by atoms with Gasteiger partial charge < -0.3 is 9.36 Å². The Bertz CT molecular complexity index is 684. The smallest absolute Gasteiger partial charge is 0.273 e. The molecule has 0 atom stereocenters. The molecule has 0 spiro atoms. The van der Waals surface area contributed by atoms with E-state index in [1.54, 1.807) is 25.5 Å². The van der Waals surface area contributed by atoms with E-state index < -0.39 is 5.41 Å². The first kappa shape index (κ1) is 12.5. The summed E-state index contributed by atoms with van der Waals surface area (Å²) >= 11 is 0. The van der Waals surface area contributed by atoms with Crippen molar-refractivity contribution in [1.82, 2.24) is 9.55 Å². The van der Waals surface area contributed by atoms with Crippen molar-refractivity contribution in [2.45, 2.75) is 26.2 Å². The van der Waals surface area contributed by atoms with Gasteiger partial charge in [-0.3, -0.25) is 4.79 Å². The maximum atomic E-state index is 12.2. The number of nitrogens with zero attached hydrogens (tertiary/aromatic N) is 2. The van der Waals surface area contributed by atoms with Crippen LogP contribution in [0.5, 0.6) is 0 Å². The van der Waals surface area contributed by atoms with Gasteiger partial charge in [0, 0.05) is 7.05 Å². The summed E-state index contributed by atoms with van der Waals surface area (Å²) in [5, 5.41) is 0. The van der Waals surface area contributed by atoms with Crippen LogP contribution in [0.25, 0.3) is 11.0 Å². The zero-order valence-electron chi connectivity index (χ0n) is 11.0. The molecule has 94 valence electrons. The average Bonchev–Trinajstić information content (AvgIpc) is 2.33. The summed E-state index contributed by atoms with van der Waals surface area (Å²) in [5.74, 6) is 0. The summed E-state index contributed by atoms with van der Waals surface area (Å²) in [6.45, 7) is 5.37. The van der Waals surface area contributed by atoms with Crippen molar-refractivity contribution in [2.24, 2.45) is 7.05 Å². The number of benzene rings is 1. The first-order valence-electron chi connectivity index (χ1n) is 5.81. The summed E-state index contributed by atoms with van der Waals surface area (Å²) in [6, 6.07) is 5.73. The molecule has 1 aromatic carbocycles. The average molecular weight is 244 g/mol. The fourth-order valence-electron chi connectivity index (χ4n) is 1.92. The molecular formula is C14H16N2O2. The SMILES string of the molecule is Cc1ccc2c(c1)nc(C(C)(C)C=O)c(=O)n2C. The molecule has 1 heterocycles. The molecule has 0 N–H and O–H groups in total. The minimum absolute atomic E-state index is 0.219. The van der Waals surface area contributed by atoms with E-state index in [9.17, 15) is 9.59 Å². The third-order valence-corrected chi connectivity index (χ3v) is 3.14. The van der Waals surface area contributed by atoms with Gasteiger partial charge in [-0.15, -0.1) is 0 Å². The summed E-state index contributed by atoms with van der Waals surface area (Å²) < 4.78 is 1.54. The molecular weight excluding hydrogens is 228 g/mol. The number of aryl methyl sites for hydroxylation is 2. The van der Waals surface area contributed by atoms with Gasteiger partial charge in [-0.05, 0) is 38.5 Å². The van der Waals surface area contributed by atoms with E-state index in [1.807, 2.05) is 25.1 Å². The predicted octanol–water partition coefficient (Wildman–Crippen LogP) is 1.72. The largest absolute Gasteiger partial charge is 0.308 e. The first-order chi connectivity index (χ1) is 8.36. The van der Waals surface area contributed by atoms with E-state index in [2.05, 4.69) is 4.98 Å². The molecule has 0 aliphatic rings. The number of rotatable bonds is 2.